The van der Waals surface area contributed by atoms with Crippen molar-refractivity contribution in [3.63, 3.8) is 0 Å². The molecule has 3 rings (SSSR count). The van der Waals surface area contributed by atoms with Crippen LogP contribution in [-0.4, -0.2) is 4.98 Å². The number of H-pyrrole nitrogens is 1. The zero-order valence-corrected chi connectivity index (χ0v) is 10.3. The molecule has 0 atom stereocenters. The third-order valence-corrected chi connectivity index (χ3v) is 3.13. The van der Waals surface area contributed by atoms with E-state index in [0.29, 0.717) is 5.57 Å². The first-order chi connectivity index (χ1) is 9.38. The zero-order chi connectivity index (χ0) is 13.1. The molecular formula is C17H12N2. The fourth-order valence-corrected chi connectivity index (χ4v) is 2.17. The quantitative estimate of drug-likeness (QED) is 0.673. The van der Waals surface area contributed by atoms with Gasteiger partial charge in [-0.05, 0) is 17.7 Å². The SMILES string of the molecule is N#C/C(=C\c1c[nH]c2ccccc12)c1ccccc1. The van der Waals surface area contributed by atoms with Crippen molar-refractivity contribution in [3.05, 3.63) is 71.9 Å². The van der Waals surface area contributed by atoms with Crippen molar-refractivity contribution in [2.75, 3.05) is 0 Å². The molecule has 2 aromatic carbocycles. The highest BCUT2D eigenvalue weighted by molar-refractivity contribution is 5.97. The molecule has 0 saturated carbocycles. The van der Waals surface area contributed by atoms with Gasteiger partial charge in [-0.15, -0.1) is 0 Å². The van der Waals surface area contributed by atoms with E-state index in [1.807, 2.05) is 60.8 Å². The summed E-state index contributed by atoms with van der Waals surface area (Å²) in [6.07, 6.45) is 3.86. The van der Waals surface area contributed by atoms with E-state index in [1.165, 1.54) is 0 Å². The van der Waals surface area contributed by atoms with Gasteiger partial charge in [-0.3, -0.25) is 0 Å². The van der Waals surface area contributed by atoms with Crippen LogP contribution in [-0.2, 0) is 0 Å². The van der Waals surface area contributed by atoms with Gasteiger partial charge in [0.05, 0.1) is 11.6 Å². The lowest BCUT2D eigenvalue weighted by molar-refractivity contribution is 1.47. The van der Waals surface area contributed by atoms with Crippen molar-refractivity contribution in [2.45, 2.75) is 0 Å². The van der Waals surface area contributed by atoms with Crippen molar-refractivity contribution in [2.24, 2.45) is 0 Å². The van der Waals surface area contributed by atoms with Crippen LogP contribution in [0.3, 0.4) is 0 Å². The van der Waals surface area contributed by atoms with Gasteiger partial charge in [0.2, 0.25) is 0 Å². The second kappa shape index (κ2) is 4.83. The molecule has 1 N–H and O–H groups in total. The summed E-state index contributed by atoms with van der Waals surface area (Å²) in [7, 11) is 0. The van der Waals surface area contributed by atoms with Crippen LogP contribution in [0.4, 0.5) is 0 Å². The first kappa shape index (κ1) is 11.3. The van der Waals surface area contributed by atoms with Crippen LogP contribution in [0.25, 0.3) is 22.6 Å². The highest BCUT2D eigenvalue weighted by Gasteiger charge is 2.04. The number of hydrogen-bond donors (Lipinski definition) is 1. The number of nitrogens with one attached hydrogen (secondary N) is 1. The molecule has 0 fully saturated rings. The molecular weight excluding hydrogens is 232 g/mol. The topological polar surface area (TPSA) is 39.6 Å². The van der Waals surface area contributed by atoms with Gasteiger partial charge in [-0.25, -0.2) is 0 Å². The monoisotopic (exact) mass is 244 g/mol. The number of para-hydroxylation sites is 1. The molecule has 3 aromatic rings. The van der Waals surface area contributed by atoms with Gasteiger partial charge in [0.15, 0.2) is 0 Å². The van der Waals surface area contributed by atoms with Gasteiger partial charge in [0, 0.05) is 22.7 Å². The molecule has 90 valence electrons. The van der Waals surface area contributed by atoms with Crippen LogP contribution >= 0.6 is 0 Å². The van der Waals surface area contributed by atoms with Gasteiger partial charge in [-0.1, -0.05) is 48.5 Å². The van der Waals surface area contributed by atoms with E-state index in [4.69, 9.17) is 0 Å². The standard InChI is InChI=1S/C17H12N2/c18-11-14(13-6-2-1-3-7-13)10-15-12-19-17-9-5-4-8-16(15)17/h1-10,12,19H/b14-10+. The first-order valence-electron chi connectivity index (χ1n) is 6.12. The van der Waals surface area contributed by atoms with Crippen LogP contribution in [0, 0.1) is 11.3 Å². The maximum atomic E-state index is 9.32. The van der Waals surface area contributed by atoms with E-state index in [0.717, 1.165) is 22.0 Å². The summed E-state index contributed by atoms with van der Waals surface area (Å²) in [5.74, 6) is 0. The predicted molar refractivity (Wildman–Crippen MR) is 78.2 cm³/mol. The van der Waals surface area contributed by atoms with Gasteiger partial charge < -0.3 is 4.98 Å². The highest BCUT2D eigenvalue weighted by atomic mass is 14.7. The molecule has 1 aromatic heterocycles. The first-order valence-corrected chi connectivity index (χ1v) is 6.12. The third-order valence-electron chi connectivity index (χ3n) is 3.13. The molecule has 0 spiro atoms. The summed E-state index contributed by atoms with van der Waals surface area (Å²) in [6.45, 7) is 0. The van der Waals surface area contributed by atoms with E-state index in [-0.39, 0.29) is 0 Å². The number of nitriles is 1. The molecule has 0 saturated heterocycles. The fraction of sp³-hybridized carbons (Fsp3) is 0. The maximum absolute atomic E-state index is 9.32. The highest BCUT2D eigenvalue weighted by Crippen LogP contribution is 2.23. The lowest BCUT2D eigenvalue weighted by Crippen LogP contribution is -1.80. The lowest BCUT2D eigenvalue weighted by Gasteiger charge is -1.98. The van der Waals surface area contributed by atoms with Gasteiger partial charge in [0.1, 0.15) is 0 Å². The normalized spacial score (nSPS) is 11.4. The second-order valence-corrected chi connectivity index (χ2v) is 4.33. The largest absolute Gasteiger partial charge is 0.361 e. The number of hydrogen-bond acceptors (Lipinski definition) is 1. The Balaban J connectivity index is 2.12. The van der Waals surface area contributed by atoms with Crippen molar-refractivity contribution < 1.29 is 0 Å². The van der Waals surface area contributed by atoms with E-state index in [9.17, 15) is 5.26 Å². The van der Waals surface area contributed by atoms with Gasteiger partial charge >= 0.3 is 0 Å². The van der Waals surface area contributed by atoms with Crippen molar-refractivity contribution >= 4 is 22.6 Å². The van der Waals surface area contributed by atoms with Crippen molar-refractivity contribution in [1.82, 2.24) is 4.98 Å². The Morgan fingerprint density at radius 3 is 2.53 bits per heavy atom. The number of rotatable bonds is 2. The predicted octanol–water partition coefficient (Wildman–Crippen LogP) is 4.23. The number of benzene rings is 2. The summed E-state index contributed by atoms with van der Waals surface area (Å²) in [5.41, 5.74) is 3.73. The second-order valence-electron chi connectivity index (χ2n) is 4.33. The Morgan fingerprint density at radius 2 is 1.74 bits per heavy atom. The minimum Gasteiger partial charge on any atom is -0.361 e. The number of fused-ring (bicyclic) bond motifs is 1. The molecule has 0 aliphatic rings. The molecule has 0 unspecified atom stereocenters. The molecule has 19 heavy (non-hydrogen) atoms. The molecule has 0 radical (unpaired) electrons. The summed E-state index contributed by atoms with van der Waals surface area (Å²) >= 11 is 0. The third kappa shape index (κ3) is 2.14. The molecule has 2 nitrogen and oxygen atoms in total. The van der Waals surface area contributed by atoms with Crippen LogP contribution < -0.4 is 0 Å². The Morgan fingerprint density at radius 1 is 1.00 bits per heavy atom. The average Bonchev–Trinajstić information content (AvgIpc) is 2.89. The van der Waals surface area contributed by atoms with Crippen molar-refractivity contribution in [3.8, 4) is 6.07 Å². The average molecular weight is 244 g/mol. The van der Waals surface area contributed by atoms with Gasteiger partial charge in [0.25, 0.3) is 0 Å². The summed E-state index contributed by atoms with van der Waals surface area (Å²) in [4.78, 5) is 3.22. The lowest BCUT2D eigenvalue weighted by atomic mass is 10.0. The smallest absolute Gasteiger partial charge is 0.0998 e. The minimum absolute atomic E-state index is 0.672. The summed E-state index contributed by atoms with van der Waals surface area (Å²) in [5, 5.41) is 10.5. The number of allylic oxidation sites excluding steroid dienone is 1. The van der Waals surface area contributed by atoms with E-state index in [1.54, 1.807) is 0 Å². The van der Waals surface area contributed by atoms with Crippen LogP contribution in [0.15, 0.2) is 60.8 Å². The van der Waals surface area contributed by atoms with E-state index in [2.05, 4.69) is 17.1 Å². The van der Waals surface area contributed by atoms with E-state index < -0.39 is 0 Å². The van der Waals surface area contributed by atoms with Crippen LogP contribution in [0.5, 0.6) is 0 Å². The number of aromatic nitrogens is 1. The zero-order valence-electron chi connectivity index (χ0n) is 10.3. The summed E-state index contributed by atoms with van der Waals surface area (Å²) in [6, 6.07) is 20.1. The molecule has 2 heteroatoms. The molecule has 1 heterocycles. The molecule has 0 bridgehead atoms. The fourth-order valence-electron chi connectivity index (χ4n) is 2.17. The molecule has 0 aliphatic heterocycles. The van der Waals surface area contributed by atoms with Crippen LogP contribution in [0.1, 0.15) is 11.1 Å². The maximum Gasteiger partial charge on any atom is 0.0998 e. The number of nitrogens with zero attached hydrogens (tertiary/aromatic N) is 1. The Hall–Kier alpha value is -2.79. The van der Waals surface area contributed by atoms with E-state index >= 15 is 0 Å². The molecule has 0 aliphatic carbocycles. The Labute approximate surface area is 111 Å². The van der Waals surface area contributed by atoms with Gasteiger partial charge in [-0.2, -0.15) is 5.26 Å². The minimum atomic E-state index is 0.672. The number of aromatic amines is 1. The van der Waals surface area contributed by atoms with Crippen LogP contribution in [0.2, 0.25) is 0 Å². The Bertz CT molecular complexity index is 774. The van der Waals surface area contributed by atoms with Crippen molar-refractivity contribution in [1.29, 1.82) is 5.26 Å². The Kier molecular flexibility index (Phi) is 2.88. The molecule has 0 amide bonds. The summed E-state index contributed by atoms with van der Waals surface area (Å²) < 4.78 is 0.